The van der Waals surface area contributed by atoms with E-state index in [1.54, 1.807) is 0 Å². The number of rotatable bonds is 6. The minimum absolute atomic E-state index is 0.116. The third-order valence-corrected chi connectivity index (χ3v) is 5.08. The van der Waals surface area contributed by atoms with Crippen molar-refractivity contribution in [1.82, 2.24) is 4.90 Å². The monoisotopic (exact) mass is 341 g/mol. The normalized spacial score (nSPS) is 18.3. The lowest BCUT2D eigenvalue weighted by Crippen LogP contribution is -2.31. The zero-order valence-corrected chi connectivity index (χ0v) is 14.8. The van der Waals surface area contributed by atoms with E-state index in [-0.39, 0.29) is 11.8 Å². The maximum absolute atomic E-state index is 13.2. The zero-order valence-electron chi connectivity index (χ0n) is 14.8. The van der Waals surface area contributed by atoms with Crippen LogP contribution in [0.5, 0.6) is 0 Å². The first-order chi connectivity index (χ1) is 12.8. The molecule has 0 saturated heterocycles. The second-order valence-electron chi connectivity index (χ2n) is 7.02. The van der Waals surface area contributed by atoms with Gasteiger partial charge < -0.3 is 4.90 Å². The Bertz CT molecular complexity index is 804. The van der Waals surface area contributed by atoms with Gasteiger partial charge in [0, 0.05) is 19.0 Å². The predicted molar refractivity (Wildman–Crippen MR) is 104 cm³/mol. The Morgan fingerprint density at radius 1 is 0.731 bits per heavy atom. The number of carbonyl (C=O) groups is 1. The second kappa shape index (κ2) is 7.57. The van der Waals surface area contributed by atoms with E-state index in [4.69, 9.17) is 0 Å². The average molecular weight is 341 g/mol. The van der Waals surface area contributed by atoms with Gasteiger partial charge in [-0.3, -0.25) is 4.79 Å². The molecule has 3 aromatic rings. The quantitative estimate of drug-likeness (QED) is 0.616. The molecule has 4 rings (SSSR count). The Labute approximate surface area is 155 Å². The van der Waals surface area contributed by atoms with E-state index in [1.807, 2.05) is 47.4 Å². The van der Waals surface area contributed by atoms with Gasteiger partial charge >= 0.3 is 0 Å². The summed E-state index contributed by atoms with van der Waals surface area (Å²) in [5.74, 6) is 0.758. The summed E-state index contributed by atoms with van der Waals surface area (Å²) in [6, 6.07) is 30.9. The zero-order chi connectivity index (χ0) is 17.8. The van der Waals surface area contributed by atoms with Crippen LogP contribution in [0.15, 0.2) is 91.0 Å². The van der Waals surface area contributed by atoms with Gasteiger partial charge in [-0.25, -0.2) is 0 Å². The van der Waals surface area contributed by atoms with E-state index < -0.39 is 0 Å². The van der Waals surface area contributed by atoms with Gasteiger partial charge in [0.15, 0.2) is 0 Å². The Kier molecular flexibility index (Phi) is 4.83. The highest BCUT2D eigenvalue weighted by Crippen LogP contribution is 2.48. The lowest BCUT2D eigenvalue weighted by Gasteiger charge is -2.23. The van der Waals surface area contributed by atoms with Crippen LogP contribution >= 0.6 is 0 Å². The number of nitrogens with zero attached hydrogens (tertiary/aromatic N) is 1. The number of benzene rings is 3. The molecule has 1 amide bonds. The highest BCUT2D eigenvalue weighted by Gasteiger charge is 2.45. The van der Waals surface area contributed by atoms with Crippen molar-refractivity contribution in [3.63, 3.8) is 0 Å². The van der Waals surface area contributed by atoms with Crippen LogP contribution in [0.25, 0.3) is 0 Å². The van der Waals surface area contributed by atoms with Gasteiger partial charge in [0.25, 0.3) is 0 Å². The molecule has 2 heteroatoms. The third kappa shape index (κ3) is 3.85. The van der Waals surface area contributed by atoms with Gasteiger partial charge in [-0.15, -0.1) is 0 Å². The fraction of sp³-hybridized carbons (Fsp3) is 0.208. The predicted octanol–water partition coefficient (Wildman–Crippen LogP) is 5.02. The topological polar surface area (TPSA) is 20.3 Å². The minimum Gasteiger partial charge on any atom is -0.334 e. The first-order valence-electron chi connectivity index (χ1n) is 9.23. The van der Waals surface area contributed by atoms with Crippen molar-refractivity contribution in [2.75, 3.05) is 0 Å². The first kappa shape index (κ1) is 16.6. The fourth-order valence-electron chi connectivity index (χ4n) is 3.59. The third-order valence-electron chi connectivity index (χ3n) is 5.08. The van der Waals surface area contributed by atoms with Gasteiger partial charge in [-0.2, -0.15) is 0 Å². The molecular weight excluding hydrogens is 318 g/mol. The summed E-state index contributed by atoms with van der Waals surface area (Å²) in [6.07, 6.45) is 0.961. The lowest BCUT2D eigenvalue weighted by atomic mass is 10.1. The molecule has 130 valence electrons. The fourth-order valence-corrected chi connectivity index (χ4v) is 3.59. The van der Waals surface area contributed by atoms with Crippen LogP contribution in [0.2, 0.25) is 0 Å². The first-order valence-corrected chi connectivity index (χ1v) is 9.23. The Balaban J connectivity index is 1.51. The number of hydrogen-bond donors (Lipinski definition) is 0. The van der Waals surface area contributed by atoms with E-state index in [0.717, 1.165) is 6.42 Å². The van der Waals surface area contributed by atoms with Crippen molar-refractivity contribution < 1.29 is 4.79 Å². The number of amides is 1. The van der Waals surface area contributed by atoms with Crippen molar-refractivity contribution in [3.8, 4) is 0 Å². The van der Waals surface area contributed by atoms with Crippen LogP contribution in [0.4, 0.5) is 0 Å². The summed E-state index contributed by atoms with van der Waals surface area (Å²) in [6.45, 7) is 1.32. The molecule has 0 aromatic heterocycles. The van der Waals surface area contributed by atoms with Crippen LogP contribution < -0.4 is 0 Å². The average Bonchev–Trinajstić information content (AvgIpc) is 3.50. The van der Waals surface area contributed by atoms with E-state index in [1.165, 1.54) is 16.7 Å². The molecule has 0 heterocycles. The van der Waals surface area contributed by atoms with Crippen molar-refractivity contribution in [2.24, 2.45) is 5.92 Å². The molecule has 2 unspecified atom stereocenters. The summed E-state index contributed by atoms with van der Waals surface area (Å²) >= 11 is 0. The number of hydrogen-bond acceptors (Lipinski definition) is 1. The van der Waals surface area contributed by atoms with E-state index in [0.29, 0.717) is 19.0 Å². The lowest BCUT2D eigenvalue weighted by molar-refractivity contribution is -0.134. The summed E-state index contributed by atoms with van der Waals surface area (Å²) in [4.78, 5) is 15.2. The Hall–Kier alpha value is -2.87. The van der Waals surface area contributed by atoms with Gasteiger partial charge in [-0.05, 0) is 29.0 Å². The van der Waals surface area contributed by atoms with Crippen LogP contribution in [0.1, 0.15) is 29.0 Å². The van der Waals surface area contributed by atoms with Gasteiger partial charge in [0.1, 0.15) is 0 Å². The van der Waals surface area contributed by atoms with Crippen molar-refractivity contribution in [3.05, 3.63) is 108 Å². The van der Waals surface area contributed by atoms with Crippen molar-refractivity contribution >= 4 is 5.91 Å². The van der Waals surface area contributed by atoms with Gasteiger partial charge in [0.2, 0.25) is 5.91 Å². The molecular formula is C24H23NO. The largest absolute Gasteiger partial charge is 0.334 e. The summed E-state index contributed by atoms with van der Waals surface area (Å²) in [7, 11) is 0. The maximum Gasteiger partial charge on any atom is 0.226 e. The molecule has 0 aliphatic heterocycles. The Morgan fingerprint density at radius 2 is 1.19 bits per heavy atom. The molecule has 1 aliphatic rings. The second-order valence-corrected chi connectivity index (χ2v) is 7.02. The molecule has 0 spiro atoms. The van der Waals surface area contributed by atoms with Crippen LogP contribution in [0, 0.1) is 5.92 Å². The molecule has 1 fully saturated rings. The highest BCUT2D eigenvalue weighted by molar-refractivity contribution is 5.83. The molecule has 3 aromatic carbocycles. The van der Waals surface area contributed by atoms with Crippen LogP contribution in [-0.2, 0) is 17.9 Å². The molecule has 2 nitrogen and oxygen atoms in total. The molecule has 1 aliphatic carbocycles. The Morgan fingerprint density at radius 3 is 1.69 bits per heavy atom. The van der Waals surface area contributed by atoms with Crippen LogP contribution in [0.3, 0.4) is 0 Å². The van der Waals surface area contributed by atoms with Gasteiger partial charge in [0.05, 0.1) is 0 Å². The van der Waals surface area contributed by atoms with Crippen molar-refractivity contribution in [2.45, 2.75) is 25.4 Å². The smallest absolute Gasteiger partial charge is 0.226 e. The van der Waals surface area contributed by atoms with Crippen LogP contribution in [-0.4, -0.2) is 10.8 Å². The molecule has 0 bridgehead atoms. The van der Waals surface area contributed by atoms with Crippen molar-refractivity contribution in [1.29, 1.82) is 0 Å². The number of carbonyl (C=O) groups excluding carboxylic acids is 1. The summed E-state index contributed by atoms with van der Waals surface area (Å²) < 4.78 is 0. The standard InChI is InChI=1S/C24H23NO/c26-24(23-16-22(23)21-14-8-3-9-15-21)25(17-19-10-4-1-5-11-19)18-20-12-6-2-7-13-20/h1-15,22-23H,16-18H2. The molecule has 0 radical (unpaired) electrons. The van der Waals surface area contributed by atoms with E-state index in [2.05, 4.69) is 48.5 Å². The molecule has 2 atom stereocenters. The molecule has 1 saturated carbocycles. The van der Waals surface area contributed by atoms with Gasteiger partial charge in [-0.1, -0.05) is 91.0 Å². The molecule has 0 N–H and O–H groups in total. The molecule has 26 heavy (non-hydrogen) atoms. The minimum atomic E-state index is 0.116. The van der Waals surface area contributed by atoms with E-state index in [9.17, 15) is 4.79 Å². The summed E-state index contributed by atoms with van der Waals surface area (Å²) in [5.41, 5.74) is 3.63. The summed E-state index contributed by atoms with van der Waals surface area (Å²) in [5, 5.41) is 0. The maximum atomic E-state index is 13.2. The SMILES string of the molecule is O=C(C1CC1c1ccccc1)N(Cc1ccccc1)Cc1ccccc1. The van der Waals surface area contributed by atoms with E-state index >= 15 is 0 Å². The highest BCUT2D eigenvalue weighted by atomic mass is 16.2.